The second-order valence-corrected chi connectivity index (χ2v) is 7.39. The van der Waals surface area contributed by atoms with Crippen LogP contribution < -0.4 is 0 Å². The zero-order valence-electron chi connectivity index (χ0n) is 16.7. The Morgan fingerprint density at radius 3 is 2.71 bits per heavy atom. The molecule has 2 aromatic heterocycles. The number of H-pyrrole nitrogens is 1. The van der Waals surface area contributed by atoms with Crippen LogP contribution in [0.4, 0.5) is 8.78 Å². The summed E-state index contributed by atoms with van der Waals surface area (Å²) in [5.41, 5.74) is 5.24. The van der Waals surface area contributed by atoms with Crippen molar-refractivity contribution >= 4 is 6.21 Å². The summed E-state index contributed by atoms with van der Waals surface area (Å²) in [7, 11) is 0. The van der Waals surface area contributed by atoms with Gasteiger partial charge in [-0.05, 0) is 37.3 Å². The molecule has 1 aliphatic rings. The maximum absolute atomic E-state index is 14.1. The van der Waals surface area contributed by atoms with E-state index in [-0.39, 0.29) is 11.4 Å². The molecule has 5 rings (SSSR count). The zero-order valence-corrected chi connectivity index (χ0v) is 16.7. The fraction of sp³-hybridized carbons (Fsp3) is 0.130. The van der Waals surface area contributed by atoms with Crippen molar-refractivity contribution in [2.45, 2.75) is 20.0 Å². The highest BCUT2D eigenvalue weighted by Gasteiger charge is 2.20. The second-order valence-electron chi connectivity index (χ2n) is 7.39. The fourth-order valence-electron chi connectivity index (χ4n) is 3.50. The van der Waals surface area contributed by atoms with Crippen molar-refractivity contribution in [1.82, 2.24) is 25.2 Å². The number of aryl methyl sites for hydroxylation is 1. The van der Waals surface area contributed by atoms with E-state index in [1.165, 1.54) is 17.7 Å². The van der Waals surface area contributed by atoms with E-state index >= 15 is 0 Å². The number of rotatable bonds is 4. The van der Waals surface area contributed by atoms with E-state index in [1.54, 1.807) is 11.2 Å². The van der Waals surface area contributed by atoms with Crippen LogP contribution in [0.2, 0.25) is 0 Å². The van der Waals surface area contributed by atoms with Crippen molar-refractivity contribution in [3.05, 3.63) is 88.9 Å². The van der Waals surface area contributed by atoms with E-state index in [2.05, 4.69) is 31.3 Å². The number of hydrogen-bond donors (Lipinski definition) is 1. The van der Waals surface area contributed by atoms with Crippen molar-refractivity contribution < 1.29 is 8.78 Å². The van der Waals surface area contributed by atoms with Crippen LogP contribution in [0, 0.1) is 18.6 Å². The van der Waals surface area contributed by atoms with Crippen LogP contribution in [-0.4, -0.2) is 31.4 Å². The van der Waals surface area contributed by atoms with E-state index in [0.717, 1.165) is 23.0 Å². The number of aromatic nitrogens is 4. The molecule has 0 aliphatic carbocycles. The molecule has 0 amide bonds. The Morgan fingerprint density at radius 2 is 1.90 bits per heavy atom. The summed E-state index contributed by atoms with van der Waals surface area (Å²) in [5.74, 6) is -1.56. The summed E-state index contributed by atoms with van der Waals surface area (Å²) in [6.07, 6.45) is 1.63. The van der Waals surface area contributed by atoms with Gasteiger partial charge in [0.2, 0.25) is 0 Å². The maximum Gasteiger partial charge on any atom is 0.169 e. The number of nitrogens with zero attached hydrogens (tertiary/aromatic N) is 5. The van der Waals surface area contributed by atoms with Gasteiger partial charge in [0.25, 0.3) is 0 Å². The van der Waals surface area contributed by atoms with E-state index in [0.29, 0.717) is 24.5 Å². The van der Waals surface area contributed by atoms with Crippen LogP contribution in [0.1, 0.15) is 22.6 Å². The molecule has 0 saturated carbocycles. The number of halogens is 2. The van der Waals surface area contributed by atoms with Crippen LogP contribution in [0.5, 0.6) is 0 Å². The van der Waals surface area contributed by atoms with Crippen LogP contribution >= 0.6 is 0 Å². The largest absolute Gasteiger partial charge is 0.337 e. The number of hydrazone groups is 1. The van der Waals surface area contributed by atoms with Crippen LogP contribution in [-0.2, 0) is 13.1 Å². The topological polar surface area (TPSA) is 70.1 Å². The quantitative estimate of drug-likeness (QED) is 0.533. The molecule has 0 spiro atoms. The number of aromatic amines is 1. The Balaban J connectivity index is 1.31. The van der Waals surface area contributed by atoms with Crippen molar-refractivity contribution in [3.63, 3.8) is 0 Å². The molecular weight excluding hydrogens is 398 g/mol. The smallest absolute Gasteiger partial charge is 0.169 e. The third-order valence-electron chi connectivity index (χ3n) is 5.08. The fourth-order valence-corrected chi connectivity index (χ4v) is 3.50. The lowest BCUT2D eigenvalue weighted by atomic mass is 10.1. The number of hydrogen-bond acceptors (Lipinski definition) is 5. The Hall–Kier alpha value is -3.94. The molecule has 0 atom stereocenters. The minimum absolute atomic E-state index is 0.0898. The number of fused-ring (bicyclic) bond motifs is 1. The molecule has 0 saturated heterocycles. The summed E-state index contributed by atoms with van der Waals surface area (Å²) in [4.78, 5) is 7.46. The summed E-state index contributed by atoms with van der Waals surface area (Å²) < 4.78 is 27.6. The van der Waals surface area contributed by atoms with Gasteiger partial charge in [-0.25, -0.2) is 13.8 Å². The summed E-state index contributed by atoms with van der Waals surface area (Å²) in [5, 5.41) is 14.9. The third-order valence-corrected chi connectivity index (χ3v) is 5.08. The first-order valence-electron chi connectivity index (χ1n) is 9.78. The molecule has 4 aromatic rings. The predicted molar refractivity (Wildman–Crippen MR) is 113 cm³/mol. The van der Waals surface area contributed by atoms with Gasteiger partial charge in [-0.2, -0.15) is 15.3 Å². The molecule has 0 bridgehead atoms. The summed E-state index contributed by atoms with van der Waals surface area (Å²) in [6.45, 7) is 2.91. The molecule has 0 unspecified atom stereocenters. The first-order valence-corrected chi connectivity index (χ1v) is 9.78. The molecular formula is C23H18F2N6. The Morgan fingerprint density at radius 1 is 1.03 bits per heavy atom. The number of benzene rings is 2. The monoisotopic (exact) mass is 416 g/mol. The zero-order chi connectivity index (χ0) is 21.4. The SMILES string of the molecule is Cc1cccc(-c2ccc(CN3Cc4nc(-c5cccc(F)c5F)[nH]c4C=N3)nn2)c1. The van der Waals surface area contributed by atoms with Gasteiger partial charge in [0.05, 0.1) is 47.6 Å². The molecule has 0 fully saturated rings. The van der Waals surface area contributed by atoms with Crippen LogP contribution in [0.3, 0.4) is 0 Å². The highest BCUT2D eigenvalue weighted by atomic mass is 19.2. The first kappa shape index (κ1) is 19.0. The van der Waals surface area contributed by atoms with Gasteiger partial charge < -0.3 is 4.98 Å². The highest BCUT2D eigenvalue weighted by Crippen LogP contribution is 2.25. The molecule has 3 heterocycles. The Labute approximate surface area is 177 Å². The highest BCUT2D eigenvalue weighted by molar-refractivity contribution is 5.80. The molecule has 0 radical (unpaired) electrons. The molecule has 2 aromatic carbocycles. The molecule has 1 aliphatic heterocycles. The number of nitrogens with one attached hydrogen (secondary N) is 1. The normalized spacial score (nSPS) is 12.8. The minimum atomic E-state index is -0.925. The standard InChI is InChI=1S/C23H18F2N6/c1-14-4-2-5-15(10-14)19-9-8-16(29-30-19)12-31-13-21-20(11-26-31)27-23(28-21)17-6-3-7-18(24)22(17)25/h2-11H,12-13H2,1H3,(H,27,28). The van der Waals surface area contributed by atoms with Gasteiger partial charge in [-0.3, -0.25) is 5.01 Å². The molecule has 31 heavy (non-hydrogen) atoms. The second kappa shape index (κ2) is 7.71. The maximum atomic E-state index is 14.1. The Kier molecular flexibility index (Phi) is 4.74. The average Bonchev–Trinajstić information content (AvgIpc) is 3.19. The van der Waals surface area contributed by atoms with Crippen LogP contribution in [0.15, 0.2) is 59.7 Å². The first-order chi connectivity index (χ1) is 15.1. The third kappa shape index (κ3) is 3.79. The minimum Gasteiger partial charge on any atom is -0.337 e. The van der Waals surface area contributed by atoms with E-state index in [1.807, 2.05) is 37.3 Å². The molecule has 154 valence electrons. The van der Waals surface area contributed by atoms with Gasteiger partial charge in [0, 0.05) is 5.56 Å². The van der Waals surface area contributed by atoms with E-state index in [9.17, 15) is 8.78 Å². The van der Waals surface area contributed by atoms with E-state index < -0.39 is 11.6 Å². The Bertz CT molecular complexity index is 1280. The summed E-state index contributed by atoms with van der Waals surface area (Å²) in [6, 6.07) is 16.0. The van der Waals surface area contributed by atoms with Gasteiger partial charge in [-0.15, -0.1) is 0 Å². The molecule has 6 nitrogen and oxygen atoms in total. The lowest BCUT2D eigenvalue weighted by Crippen LogP contribution is -2.22. The predicted octanol–water partition coefficient (Wildman–Crippen LogP) is 4.47. The van der Waals surface area contributed by atoms with Gasteiger partial charge in [-0.1, -0.05) is 29.8 Å². The molecule has 8 heteroatoms. The van der Waals surface area contributed by atoms with Crippen molar-refractivity contribution in [1.29, 1.82) is 0 Å². The number of imidazole rings is 1. The van der Waals surface area contributed by atoms with Crippen LogP contribution in [0.25, 0.3) is 22.6 Å². The van der Waals surface area contributed by atoms with Gasteiger partial charge in [0.1, 0.15) is 5.82 Å². The average molecular weight is 416 g/mol. The van der Waals surface area contributed by atoms with Gasteiger partial charge >= 0.3 is 0 Å². The molecule has 1 N–H and O–H groups in total. The lowest BCUT2D eigenvalue weighted by Gasteiger charge is -2.20. The lowest BCUT2D eigenvalue weighted by molar-refractivity contribution is 0.261. The summed E-state index contributed by atoms with van der Waals surface area (Å²) >= 11 is 0. The van der Waals surface area contributed by atoms with Crippen molar-refractivity contribution in [2.24, 2.45) is 5.10 Å². The van der Waals surface area contributed by atoms with Crippen molar-refractivity contribution in [3.8, 4) is 22.6 Å². The van der Waals surface area contributed by atoms with Gasteiger partial charge in [0.15, 0.2) is 11.6 Å². The van der Waals surface area contributed by atoms with E-state index in [4.69, 9.17) is 0 Å². The van der Waals surface area contributed by atoms with Crippen molar-refractivity contribution in [2.75, 3.05) is 0 Å².